The molecule has 0 aliphatic heterocycles. The lowest BCUT2D eigenvalue weighted by Crippen LogP contribution is -2.40. The Morgan fingerprint density at radius 2 is 1.50 bits per heavy atom. The minimum atomic E-state index is 0.275. The third-order valence-electron chi connectivity index (χ3n) is 5.62. The highest BCUT2D eigenvalue weighted by molar-refractivity contribution is 5.20. The summed E-state index contributed by atoms with van der Waals surface area (Å²) in [5.74, 6) is 0.523. The van der Waals surface area contributed by atoms with Crippen molar-refractivity contribution < 1.29 is 5.11 Å². The van der Waals surface area contributed by atoms with Crippen molar-refractivity contribution in [3.63, 3.8) is 0 Å². The van der Waals surface area contributed by atoms with Crippen molar-refractivity contribution in [2.75, 3.05) is 6.61 Å². The predicted octanol–water partition coefficient (Wildman–Crippen LogP) is 5.83. The molecular formula is C24H35NO. The van der Waals surface area contributed by atoms with Gasteiger partial charge in [0, 0.05) is 25.2 Å². The van der Waals surface area contributed by atoms with E-state index in [4.69, 9.17) is 0 Å². The van der Waals surface area contributed by atoms with E-state index in [-0.39, 0.29) is 6.61 Å². The van der Waals surface area contributed by atoms with Crippen molar-refractivity contribution >= 4 is 0 Å². The van der Waals surface area contributed by atoms with Crippen molar-refractivity contribution in [2.45, 2.75) is 65.1 Å². The molecule has 1 N–H and O–H groups in total. The molecule has 0 heterocycles. The predicted molar refractivity (Wildman–Crippen MR) is 111 cm³/mol. The second kappa shape index (κ2) is 11.2. The number of rotatable bonds is 11. The number of hydrogen-bond donors (Lipinski definition) is 1. The van der Waals surface area contributed by atoms with Gasteiger partial charge >= 0.3 is 0 Å². The van der Waals surface area contributed by atoms with Gasteiger partial charge in [-0.15, -0.1) is 0 Å². The van der Waals surface area contributed by atoms with Crippen molar-refractivity contribution in [2.24, 2.45) is 5.92 Å². The molecule has 0 bridgehead atoms. The minimum Gasteiger partial charge on any atom is -0.396 e. The van der Waals surface area contributed by atoms with Crippen LogP contribution in [0.2, 0.25) is 0 Å². The first kappa shape index (κ1) is 20.7. The van der Waals surface area contributed by atoms with Crippen LogP contribution in [0.25, 0.3) is 0 Å². The van der Waals surface area contributed by atoms with Gasteiger partial charge in [-0.05, 0) is 43.7 Å². The normalized spacial score (nSPS) is 15.0. The summed E-state index contributed by atoms with van der Waals surface area (Å²) in [6, 6.07) is 22.3. The summed E-state index contributed by atoms with van der Waals surface area (Å²) in [4.78, 5) is 2.61. The van der Waals surface area contributed by atoms with E-state index in [9.17, 15) is 5.11 Å². The van der Waals surface area contributed by atoms with Gasteiger partial charge in [-0.1, -0.05) is 80.4 Å². The van der Waals surface area contributed by atoms with Gasteiger partial charge in [0.1, 0.15) is 0 Å². The summed E-state index contributed by atoms with van der Waals surface area (Å²) in [6.07, 6.45) is 4.51. The summed E-state index contributed by atoms with van der Waals surface area (Å²) in [5.41, 5.74) is 2.70. The Kier molecular flexibility index (Phi) is 8.87. The van der Waals surface area contributed by atoms with Gasteiger partial charge in [-0.2, -0.15) is 0 Å². The van der Waals surface area contributed by atoms with E-state index >= 15 is 0 Å². The van der Waals surface area contributed by atoms with Crippen LogP contribution >= 0.6 is 0 Å². The van der Waals surface area contributed by atoms with Crippen LogP contribution in [0.5, 0.6) is 0 Å². The first-order valence-electron chi connectivity index (χ1n) is 10.1. The molecule has 142 valence electrons. The third-order valence-corrected chi connectivity index (χ3v) is 5.62. The molecule has 2 nitrogen and oxygen atoms in total. The second-order valence-electron chi connectivity index (χ2n) is 7.40. The summed E-state index contributed by atoms with van der Waals surface area (Å²) >= 11 is 0. The molecule has 0 radical (unpaired) electrons. The maximum absolute atomic E-state index is 9.59. The largest absolute Gasteiger partial charge is 0.396 e. The van der Waals surface area contributed by atoms with E-state index in [1.54, 1.807) is 0 Å². The van der Waals surface area contributed by atoms with Crippen molar-refractivity contribution in [1.29, 1.82) is 0 Å². The van der Waals surface area contributed by atoms with Gasteiger partial charge in [0.05, 0.1) is 0 Å². The molecule has 0 saturated carbocycles. The summed E-state index contributed by atoms with van der Waals surface area (Å²) in [5, 5.41) is 9.59. The number of hydrogen-bond acceptors (Lipinski definition) is 2. The zero-order valence-corrected chi connectivity index (χ0v) is 16.6. The lowest BCUT2D eigenvalue weighted by Gasteiger charge is -2.39. The fraction of sp³-hybridized carbons (Fsp3) is 0.500. The van der Waals surface area contributed by atoms with E-state index in [1.807, 2.05) is 0 Å². The zero-order valence-electron chi connectivity index (χ0n) is 16.6. The highest BCUT2D eigenvalue weighted by Gasteiger charge is 2.27. The molecule has 2 aromatic carbocycles. The molecular weight excluding hydrogens is 318 g/mol. The van der Waals surface area contributed by atoms with Gasteiger partial charge in [-0.25, -0.2) is 0 Å². The standard InChI is InChI=1S/C24H35NO/c1-4-5-14-24(17-18-26)21(3)25(19-22-12-8-6-9-13-22)20(2)23-15-10-7-11-16-23/h6-13,15-16,20-21,24,26H,4-5,14,17-19H2,1-3H3. The minimum absolute atomic E-state index is 0.275. The average Bonchev–Trinajstić information content (AvgIpc) is 2.70. The van der Waals surface area contributed by atoms with Crippen LogP contribution in [0, 0.1) is 5.92 Å². The lowest BCUT2D eigenvalue weighted by atomic mass is 9.89. The zero-order chi connectivity index (χ0) is 18.8. The van der Waals surface area contributed by atoms with Crippen LogP contribution in [-0.2, 0) is 6.54 Å². The Morgan fingerprint density at radius 1 is 0.885 bits per heavy atom. The average molecular weight is 354 g/mol. The molecule has 0 saturated heterocycles. The summed E-state index contributed by atoms with van der Waals surface area (Å²) in [6.45, 7) is 8.11. The number of benzene rings is 2. The van der Waals surface area contributed by atoms with Crippen LogP contribution in [0.15, 0.2) is 60.7 Å². The molecule has 26 heavy (non-hydrogen) atoms. The van der Waals surface area contributed by atoms with E-state index < -0.39 is 0 Å². The van der Waals surface area contributed by atoms with E-state index in [0.29, 0.717) is 18.0 Å². The van der Waals surface area contributed by atoms with Crippen LogP contribution in [0.3, 0.4) is 0 Å². The number of aliphatic hydroxyl groups is 1. The Hall–Kier alpha value is -1.64. The van der Waals surface area contributed by atoms with Crippen molar-refractivity contribution in [1.82, 2.24) is 4.90 Å². The fourth-order valence-electron chi connectivity index (χ4n) is 3.88. The van der Waals surface area contributed by atoms with Crippen molar-refractivity contribution in [3.8, 4) is 0 Å². The number of unbranched alkanes of at least 4 members (excludes halogenated alkanes) is 1. The van der Waals surface area contributed by atoms with Crippen LogP contribution < -0.4 is 0 Å². The molecule has 2 heteroatoms. The SMILES string of the molecule is CCCCC(CCO)C(C)N(Cc1ccccc1)C(C)c1ccccc1. The molecule has 0 aliphatic carbocycles. The Balaban J connectivity index is 2.25. The molecule has 3 unspecified atom stereocenters. The Labute approximate surface area is 159 Å². The van der Waals surface area contributed by atoms with E-state index in [2.05, 4.69) is 86.3 Å². The van der Waals surface area contributed by atoms with E-state index in [1.165, 1.54) is 30.4 Å². The van der Waals surface area contributed by atoms with Crippen LogP contribution in [0.1, 0.15) is 63.6 Å². The smallest absolute Gasteiger partial charge is 0.0434 e. The molecule has 2 aromatic rings. The monoisotopic (exact) mass is 353 g/mol. The van der Waals surface area contributed by atoms with Gasteiger partial charge in [-0.3, -0.25) is 4.90 Å². The Morgan fingerprint density at radius 3 is 2.08 bits per heavy atom. The van der Waals surface area contributed by atoms with Crippen LogP contribution in [-0.4, -0.2) is 22.7 Å². The van der Waals surface area contributed by atoms with Gasteiger partial charge < -0.3 is 5.11 Å². The quantitative estimate of drug-likeness (QED) is 0.549. The molecule has 0 spiro atoms. The topological polar surface area (TPSA) is 23.5 Å². The van der Waals surface area contributed by atoms with Gasteiger partial charge in [0.25, 0.3) is 0 Å². The number of aliphatic hydroxyl groups excluding tert-OH is 1. The molecule has 2 rings (SSSR count). The second-order valence-corrected chi connectivity index (χ2v) is 7.40. The molecule has 0 aromatic heterocycles. The fourth-order valence-corrected chi connectivity index (χ4v) is 3.88. The maximum Gasteiger partial charge on any atom is 0.0434 e. The third kappa shape index (κ3) is 5.96. The van der Waals surface area contributed by atoms with Crippen molar-refractivity contribution in [3.05, 3.63) is 71.8 Å². The Bertz CT molecular complexity index is 598. The first-order valence-corrected chi connectivity index (χ1v) is 10.1. The number of nitrogens with zero attached hydrogens (tertiary/aromatic N) is 1. The van der Waals surface area contributed by atoms with E-state index in [0.717, 1.165) is 13.0 Å². The summed E-state index contributed by atoms with van der Waals surface area (Å²) in [7, 11) is 0. The van der Waals surface area contributed by atoms with Gasteiger partial charge in [0.2, 0.25) is 0 Å². The lowest BCUT2D eigenvalue weighted by molar-refractivity contribution is 0.0828. The highest BCUT2D eigenvalue weighted by Crippen LogP contribution is 2.30. The van der Waals surface area contributed by atoms with Gasteiger partial charge in [0.15, 0.2) is 0 Å². The summed E-state index contributed by atoms with van der Waals surface area (Å²) < 4.78 is 0. The molecule has 0 fully saturated rings. The van der Waals surface area contributed by atoms with Crippen LogP contribution in [0.4, 0.5) is 0 Å². The molecule has 0 aliphatic rings. The first-order chi connectivity index (χ1) is 12.7. The maximum atomic E-state index is 9.59. The molecule has 0 amide bonds. The molecule has 3 atom stereocenters. The highest BCUT2D eigenvalue weighted by atomic mass is 16.3.